The van der Waals surface area contributed by atoms with Gasteiger partial charge in [-0.3, -0.25) is 20.2 Å². The number of hydrogen-bond donors (Lipinski definition) is 2. The molecule has 3 heterocycles. The summed E-state index contributed by atoms with van der Waals surface area (Å²) in [6.07, 6.45) is 8.79. The minimum atomic E-state index is -0.671. The van der Waals surface area contributed by atoms with E-state index in [2.05, 4.69) is 20.9 Å². The van der Waals surface area contributed by atoms with Crippen LogP contribution in [0.2, 0.25) is 10.0 Å². The van der Waals surface area contributed by atoms with Crippen LogP contribution in [0.5, 0.6) is 0 Å². The number of halogens is 2. The molecule has 12 heteroatoms. The SMILES string of the molecule is C#Cc1c(N)ncc([N+](=O)[O-])c1Cl.O=[N+]([O-])c1cnc2[nH]ccc2c1Cl. The molecule has 26 heavy (non-hydrogen) atoms. The zero-order valence-electron chi connectivity index (χ0n) is 12.6. The van der Waals surface area contributed by atoms with Crippen LogP contribution in [-0.4, -0.2) is 24.8 Å². The summed E-state index contributed by atoms with van der Waals surface area (Å²) in [4.78, 5) is 29.8. The van der Waals surface area contributed by atoms with Crippen molar-refractivity contribution in [3.8, 4) is 12.3 Å². The number of nitrogens with zero attached hydrogens (tertiary/aromatic N) is 4. The van der Waals surface area contributed by atoms with Gasteiger partial charge in [-0.1, -0.05) is 29.1 Å². The molecule has 3 aromatic heterocycles. The van der Waals surface area contributed by atoms with Crippen molar-refractivity contribution < 1.29 is 9.85 Å². The van der Waals surface area contributed by atoms with Crippen LogP contribution in [-0.2, 0) is 0 Å². The van der Waals surface area contributed by atoms with Crippen molar-refractivity contribution in [1.29, 1.82) is 0 Å². The fourth-order valence-corrected chi connectivity index (χ4v) is 2.39. The van der Waals surface area contributed by atoms with Gasteiger partial charge >= 0.3 is 11.4 Å². The average molecular weight is 395 g/mol. The third kappa shape index (κ3) is 3.64. The smallest absolute Gasteiger partial charge is 0.307 e. The van der Waals surface area contributed by atoms with Crippen molar-refractivity contribution in [2.24, 2.45) is 0 Å². The van der Waals surface area contributed by atoms with Crippen LogP contribution in [0.15, 0.2) is 24.7 Å². The highest BCUT2D eigenvalue weighted by Gasteiger charge is 2.18. The van der Waals surface area contributed by atoms with Crippen molar-refractivity contribution in [2.75, 3.05) is 5.73 Å². The van der Waals surface area contributed by atoms with E-state index in [9.17, 15) is 20.2 Å². The van der Waals surface area contributed by atoms with Crippen molar-refractivity contribution in [3.63, 3.8) is 0 Å². The molecule has 3 N–H and O–H groups in total. The number of hydrogen-bond acceptors (Lipinski definition) is 7. The van der Waals surface area contributed by atoms with Gasteiger partial charge in [-0.2, -0.15) is 0 Å². The summed E-state index contributed by atoms with van der Waals surface area (Å²) in [6.45, 7) is 0. The van der Waals surface area contributed by atoms with Gasteiger partial charge in [-0.25, -0.2) is 9.97 Å². The van der Waals surface area contributed by atoms with Crippen LogP contribution in [0.25, 0.3) is 11.0 Å². The monoisotopic (exact) mass is 394 g/mol. The molecule has 0 aromatic carbocycles. The van der Waals surface area contributed by atoms with Crippen LogP contribution in [0.4, 0.5) is 17.2 Å². The Hall–Kier alpha value is -3.42. The first kappa shape index (κ1) is 18.9. The van der Waals surface area contributed by atoms with E-state index in [1.54, 1.807) is 12.3 Å². The van der Waals surface area contributed by atoms with E-state index in [-0.39, 0.29) is 32.8 Å². The highest BCUT2D eigenvalue weighted by molar-refractivity contribution is 6.37. The number of anilines is 1. The molecular weight excluding hydrogens is 387 g/mol. The summed E-state index contributed by atoms with van der Waals surface area (Å²) in [5.41, 5.74) is 5.43. The lowest BCUT2D eigenvalue weighted by molar-refractivity contribution is -0.385. The third-order valence-electron chi connectivity index (χ3n) is 3.07. The molecule has 10 nitrogen and oxygen atoms in total. The van der Waals surface area contributed by atoms with Gasteiger partial charge in [0.15, 0.2) is 0 Å². The molecule has 0 spiro atoms. The van der Waals surface area contributed by atoms with Gasteiger partial charge in [-0.05, 0) is 6.07 Å². The molecular formula is C14H8Cl2N6O4. The fourth-order valence-electron chi connectivity index (χ4n) is 1.85. The zero-order valence-corrected chi connectivity index (χ0v) is 14.2. The Labute approximate surface area is 155 Å². The number of nitrogen functional groups attached to an aromatic ring is 1. The number of pyridine rings is 2. The molecule has 0 saturated carbocycles. The predicted octanol–water partition coefficient (Wildman–Crippen LogP) is 3.33. The fraction of sp³-hybridized carbons (Fsp3) is 0. The van der Waals surface area contributed by atoms with Crippen LogP contribution in [0.3, 0.4) is 0 Å². The van der Waals surface area contributed by atoms with Gasteiger partial charge in [-0.15, -0.1) is 6.42 Å². The largest absolute Gasteiger partial charge is 0.383 e. The first-order valence-corrected chi connectivity index (χ1v) is 7.34. The lowest BCUT2D eigenvalue weighted by Gasteiger charge is -1.99. The number of fused-ring (bicyclic) bond motifs is 1. The molecule has 3 rings (SSSR count). The highest BCUT2D eigenvalue weighted by Crippen LogP contribution is 2.30. The maximum absolute atomic E-state index is 10.5. The average Bonchev–Trinajstić information content (AvgIpc) is 3.05. The predicted molar refractivity (Wildman–Crippen MR) is 96.0 cm³/mol. The topological polar surface area (TPSA) is 154 Å². The molecule has 0 bridgehead atoms. The van der Waals surface area contributed by atoms with Gasteiger partial charge in [0, 0.05) is 11.6 Å². The summed E-state index contributed by atoms with van der Waals surface area (Å²) in [5, 5.41) is 21.4. The summed E-state index contributed by atoms with van der Waals surface area (Å²) < 4.78 is 0. The summed E-state index contributed by atoms with van der Waals surface area (Å²) in [5.74, 6) is 2.15. The van der Waals surface area contributed by atoms with Crippen LogP contribution in [0.1, 0.15) is 5.56 Å². The standard InChI is InChI=1S/2C7H4ClN3O2/c8-6-4-1-2-9-7(4)10-3-5(6)11(12)13;1-2-4-6(8)5(11(12)13)3-10-7(4)9/h1-3H,(H,9,10);1,3H,(H2,9,10). The summed E-state index contributed by atoms with van der Waals surface area (Å²) in [6, 6.07) is 1.65. The van der Waals surface area contributed by atoms with E-state index in [0.717, 1.165) is 12.4 Å². The molecule has 0 atom stereocenters. The molecule has 0 fully saturated rings. The van der Waals surface area contributed by atoms with Gasteiger partial charge in [0.2, 0.25) is 0 Å². The van der Waals surface area contributed by atoms with E-state index in [1.165, 1.54) is 0 Å². The maximum Gasteiger partial charge on any atom is 0.307 e. The van der Waals surface area contributed by atoms with E-state index >= 15 is 0 Å². The number of nitrogens with two attached hydrogens (primary N) is 1. The Morgan fingerprint density at radius 3 is 2.27 bits per heavy atom. The normalized spacial score (nSPS) is 9.88. The van der Waals surface area contributed by atoms with Gasteiger partial charge < -0.3 is 10.7 Å². The number of rotatable bonds is 2. The van der Waals surface area contributed by atoms with Gasteiger partial charge in [0.05, 0.1) is 15.4 Å². The molecule has 0 radical (unpaired) electrons. The van der Waals surface area contributed by atoms with Crippen molar-refractivity contribution in [2.45, 2.75) is 0 Å². The molecule has 0 saturated heterocycles. The quantitative estimate of drug-likeness (QED) is 0.383. The number of H-pyrrole nitrogens is 1. The second-order valence-electron chi connectivity index (χ2n) is 4.57. The Bertz CT molecular complexity index is 1060. The minimum Gasteiger partial charge on any atom is -0.383 e. The first-order valence-electron chi connectivity index (χ1n) is 6.58. The molecule has 0 unspecified atom stereocenters. The second-order valence-corrected chi connectivity index (χ2v) is 5.33. The number of terminal acetylenes is 1. The highest BCUT2D eigenvalue weighted by atomic mass is 35.5. The van der Waals surface area contributed by atoms with Crippen LogP contribution in [0, 0.1) is 32.6 Å². The Balaban J connectivity index is 0.000000187. The van der Waals surface area contributed by atoms with Crippen molar-refractivity contribution in [1.82, 2.24) is 15.0 Å². The van der Waals surface area contributed by atoms with E-state index in [1.807, 2.05) is 0 Å². The second kappa shape index (κ2) is 7.64. The van der Waals surface area contributed by atoms with E-state index in [4.69, 9.17) is 35.4 Å². The number of aromatic nitrogens is 3. The first-order chi connectivity index (χ1) is 12.3. The minimum absolute atomic E-state index is 0.0121. The summed E-state index contributed by atoms with van der Waals surface area (Å²) >= 11 is 11.4. The lowest BCUT2D eigenvalue weighted by Crippen LogP contribution is -1.99. The lowest BCUT2D eigenvalue weighted by atomic mass is 10.2. The van der Waals surface area contributed by atoms with Crippen LogP contribution >= 0.6 is 23.2 Å². The molecule has 3 aromatic rings. The van der Waals surface area contributed by atoms with E-state index < -0.39 is 9.85 Å². The maximum atomic E-state index is 10.5. The van der Waals surface area contributed by atoms with Crippen molar-refractivity contribution >= 4 is 51.4 Å². The Morgan fingerprint density at radius 2 is 1.69 bits per heavy atom. The molecule has 132 valence electrons. The molecule has 0 amide bonds. The Morgan fingerprint density at radius 1 is 1.12 bits per heavy atom. The number of aromatic amines is 1. The van der Waals surface area contributed by atoms with Gasteiger partial charge in [0.25, 0.3) is 0 Å². The number of nitro groups is 2. The molecule has 0 aliphatic heterocycles. The zero-order chi connectivity index (χ0) is 19.4. The molecule has 0 aliphatic rings. The van der Waals surface area contributed by atoms with Crippen LogP contribution < -0.4 is 5.73 Å². The van der Waals surface area contributed by atoms with Crippen molar-refractivity contribution in [3.05, 3.63) is 60.5 Å². The summed E-state index contributed by atoms with van der Waals surface area (Å²) in [7, 11) is 0. The van der Waals surface area contributed by atoms with E-state index in [0.29, 0.717) is 11.0 Å². The Kier molecular flexibility index (Phi) is 5.56. The van der Waals surface area contributed by atoms with Gasteiger partial charge in [0.1, 0.15) is 33.9 Å². The molecule has 0 aliphatic carbocycles. The number of nitrogens with one attached hydrogen (secondary N) is 1. The third-order valence-corrected chi connectivity index (χ3v) is 3.85.